The first-order chi connectivity index (χ1) is 7.90. The Morgan fingerprint density at radius 1 is 1.29 bits per heavy atom. The van der Waals surface area contributed by atoms with E-state index < -0.39 is 29.3 Å². The summed E-state index contributed by atoms with van der Waals surface area (Å²) in [5.74, 6) is -3.51. The number of carbonyl (C=O) groups is 2. The number of carboxylic acids is 1. The summed E-state index contributed by atoms with van der Waals surface area (Å²) < 4.78 is 26.1. The maximum absolute atomic E-state index is 13.2. The van der Waals surface area contributed by atoms with Gasteiger partial charge in [-0.25, -0.2) is 8.78 Å². The van der Waals surface area contributed by atoms with Gasteiger partial charge >= 0.3 is 5.97 Å². The normalized spacial score (nSPS) is 12.2. The van der Waals surface area contributed by atoms with Crippen molar-refractivity contribution in [2.24, 2.45) is 5.92 Å². The summed E-state index contributed by atoms with van der Waals surface area (Å²) in [6.45, 7) is 1.57. The average Bonchev–Trinajstić information content (AvgIpc) is 2.20. The number of carbonyl (C=O) groups excluding carboxylic acids is 1. The second-order valence-electron chi connectivity index (χ2n) is 3.95. The first kappa shape index (κ1) is 13.3. The fourth-order valence-electron chi connectivity index (χ4n) is 1.51. The maximum Gasteiger partial charge on any atom is 0.303 e. The van der Waals surface area contributed by atoms with Crippen LogP contribution in [0.2, 0.25) is 0 Å². The van der Waals surface area contributed by atoms with E-state index in [2.05, 4.69) is 0 Å². The first-order valence-corrected chi connectivity index (χ1v) is 5.10. The Hall–Kier alpha value is -1.78. The van der Waals surface area contributed by atoms with Gasteiger partial charge in [0.1, 0.15) is 11.6 Å². The highest BCUT2D eigenvalue weighted by atomic mass is 19.1. The molecule has 0 aromatic heterocycles. The van der Waals surface area contributed by atoms with Gasteiger partial charge < -0.3 is 5.11 Å². The zero-order valence-electron chi connectivity index (χ0n) is 9.24. The molecule has 1 aromatic carbocycles. The number of Topliss-reactive ketones (excluding diaryl/α,β-unsaturated/α-hetero) is 1. The second-order valence-corrected chi connectivity index (χ2v) is 3.95. The molecule has 1 unspecified atom stereocenters. The number of carboxylic acid groups (broad SMARTS) is 1. The minimum Gasteiger partial charge on any atom is -0.481 e. The molecule has 3 nitrogen and oxygen atoms in total. The second kappa shape index (κ2) is 5.52. The van der Waals surface area contributed by atoms with Gasteiger partial charge in [-0.3, -0.25) is 9.59 Å². The molecule has 0 aliphatic heterocycles. The summed E-state index contributed by atoms with van der Waals surface area (Å²) in [5, 5.41) is 8.52. The van der Waals surface area contributed by atoms with Crippen LogP contribution in [0.1, 0.15) is 30.1 Å². The van der Waals surface area contributed by atoms with Crippen molar-refractivity contribution < 1.29 is 23.5 Å². The van der Waals surface area contributed by atoms with E-state index in [1.807, 2.05) is 0 Å². The van der Waals surface area contributed by atoms with Crippen molar-refractivity contribution in [3.05, 3.63) is 35.4 Å². The summed E-state index contributed by atoms with van der Waals surface area (Å²) >= 11 is 0. The minimum absolute atomic E-state index is 0.118. The van der Waals surface area contributed by atoms with Gasteiger partial charge in [0.2, 0.25) is 0 Å². The molecule has 0 aliphatic carbocycles. The van der Waals surface area contributed by atoms with E-state index in [-0.39, 0.29) is 18.4 Å². The van der Waals surface area contributed by atoms with Gasteiger partial charge in [-0.1, -0.05) is 6.92 Å². The smallest absolute Gasteiger partial charge is 0.303 e. The summed E-state index contributed by atoms with van der Waals surface area (Å²) in [5.41, 5.74) is -0.331. The molecule has 1 atom stereocenters. The lowest BCUT2D eigenvalue weighted by atomic mass is 9.97. The van der Waals surface area contributed by atoms with E-state index in [9.17, 15) is 18.4 Å². The molecule has 1 rings (SSSR count). The van der Waals surface area contributed by atoms with Gasteiger partial charge in [0.25, 0.3) is 0 Å². The average molecular weight is 242 g/mol. The standard InChI is InChI=1S/C12H12F2O3/c1-7(5-12(16)17)4-11(15)9-6-8(13)2-3-10(9)14/h2-3,6-7H,4-5H2,1H3,(H,16,17). The third kappa shape index (κ3) is 3.94. The predicted octanol–water partition coefficient (Wildman–Crippen LogP) is 2.65. The highest BCUT2D eigenvalue weighted by molar-refractivity contribution is 5.96. The van der Waals surface area contributed by atoms with Crippen LogP contribution in [0.15, 0.2) is 18.2 Å². The predicted molar refractivity (Wildman–Crippen MR) is 56.7 cm³/mol. The highest BCUT2D eigenvalue weighted by Crippen LogP contribution is 2.16. The van der Waals surface area contributed by atoms with Crippen LogP contribution in [0.25, 0.3) is 0 Å². The summed E-state index contributed by atoms with van der Waals surface area (Å²) in [7, 11) is 0. The molecular weight excluding hydrogens is 230 g/mol. The van der Waals surface area contributed by atoms with Gasteiger partial charge in [0.05, 0.1) is 5.56 Å². The number of aliphatic carboxylic acids is 1. The molecule has 0 bridgehead atoms. The van der Waals surface area contributed by atoms with Crippen LogP contribution in [0, 0.1) is 17.6 Å². The molecule has 0 aliphatic rings. The third-order valence-electron chi connectivity index (χ3n) is 2.29. The van der Waals surface area contributed by atoms with Crippen LogP contribution in [0.5, 0.6) is 0 Å². The largest absolute Gasteiger partial charge is 0.481 e. The number of halogens is 2. The number of benzene rings is 1. The molecule has 0 amide bonds. The lowest BCUT2D eigenvalue weighted by molar-refractivity contribution is -0.137. The molecule has 5 heteroatoms. The zero-order valence-corrected chi connectivity index (χ0v) is 9.24. The highest BCUT2D eigenvalue weighted by Gasteiger charge is 2.17. The van der Waals surface area contributed by atoms with Gasteiger partial charge in [0.15, 0.2) is 5.78 Å². The van der Waals surface area contributed by atoms with E-state index in [0.717, 1.165) is 18.2 Å². The van der Waals surface area contributed by atoms with Crippen molar-refractivity contribution in [2.75, 3.05) is 0 Å². The molecule has 0 heterocycles. The number of ketones is 1. The molecule has 0 fully saturated rings. The van der Waals surface area contributed by atoms with Crippen LogP contribution in [-0.2, 0) is 4.79 Å². The molecule has 0 saturated carbocycles. The van der Waals surface area contributed by atoms with E-state index in [1.54, 1.807) is 6.92 Å². The van der Waals surface area contributed by atoms with Crippen LogP contribution >= 0.6 is 0 Å². The first-order valence-electron chi connectivity index (χ1n) is 5.10. The van der Waals surface area contributed by atoms with Crippen LogP contribution < -0.4 is 0 Å². The molecule has 17 heavy (non-hydrogen) atoms. The van der Waals surface area contributed by atoms with Gasteiger partial charge in [-0.05, 0) is 24.1 Å². The number of hydrogen-bond acceptors (Lipinski definition) is 2. The van der Waals surface area contributed by atoms with Gasteiger partial charge in [0, 0.05) is 12.8 Å². The quantitative estimate of drug-likeness (QED) is 0.807. The topological polar surface area (TPSA) is 54.4 Å². The number of rotatable bonds is 5. The van der Waals surface area contributed by atoms with Crippen molar-refractivity contribution in [3.8, 4) is 0 Å². The fraction of sp³-hybridized carbons (Fsp3) is 0.333. The minimum atomic E-state index is -1.02. The fourth-order valence-corrected chi connectivity index (χ4v) is 1.51. The SMILES string of the molecule is CC(CC(=O)O)CC(=O)c1cc(F)ccc1F. The molecule has 0 spiro atoms. The zero-order chi connectivity index (χ0) is 13.0. The van der Waals surface area contributed by atoms with Crippen molar-refractivity contribution in [1.82, 2.24) is 0 Å². The Labute approximate surface area is 97.1 Å². The van der Waals surface area contributed by atoms with E-state index >= 15 is 0 Å². The number of hydrogen-bond donors (Lipinski definition) is 1. The third-order valence-corrected chi connectivity index (χ3v) is 2.29. The molecule has 1 aromatic rings. The van der Waals surface area contributed by atoms with Crippen molar-refractivity contribution in [2.45, 2.75) is 19.8 Å². The van der Waals surface area contributed by atoms with E-state index in [1.165, 1.54) is 0 Å². The Kier molecular flexibility index (Phi) is 4.31. The lowest BCUT2D eigenvalue weighted by Gasteiger charge is -2.08. The van der Waals surface area contributed by atoms with Crippen molar-refractivity contribution >= 4 is 11.8 Å². The molecule has 1 N–H and O–H groups in total. The summed E-state index contributed by atoms with van der Waals surface area (Å²) in [6, 6.07) is 2.63. The molecule has 0 saturated heterocycles. The molecule has 0 radical (unpaired) electrons. The summed E-state index contributed by atoms with van der Waals surface area (Å²) in [4.78, 5) is 22.0. The van der Waals surface area contributed by atoms with Crippen molar-refractivity contribution in [3.63, 3.8) is 0 Å². The van der Waals surface area contributed by atoms with Crippen LogP contribution in [0.4, 0.5) is 8.78 Å². The Morgan fingerprint density at radius 3 is 2.53 bits per heavy atom. The summed E-state index contributed by atoms with van der Waals surface area (Å²) in [6.07, 6.45) is -0.296. The molecular formula is C12H12F2O3. The van der Waals surface area contributed by atoms with E-state index in [4.69, 9.17) is 5.11 Å². The van der Waals surface area contributed by atoms with Gasteiger partial charge in [-0.2, -0.15) is 0 Å². The van der Waals surface area contributed by atoms with Gasteiger partial charge in [-0.15, -0.1) is 0 Å². The Balaban J connectivity index is 2.76. The Morgan fingerprint density at radius 2 is 1.94 bits per heavy atom. The monoisotopic (exact) mass is 242 g/mol. The Bertz CT molecular complexity index is 443. The van der Waals surface area contributed by atoms with Crippen molar-refractivity contribution in [1.29, 1.82) is 0 Å². The van der Waals surface area contributed by atoms with Crippen LogP contribution in [0.3, 0.4) is 0 Å². The maximum atomic E-state index is 13.2. The van der Waals surface area contributed by atoms with Crippen LogP contribution in [-0.4, -0.2) is 16.9 Å². The molecule has 92 valence electrons. The lowest BCUT2D eigenvalue weighted by Crippen LogP contribution is -2.11. The van der Waals surface area contributed by atoms with E-state index in [0.29, 0.717) is 0 Å².